The topological polar surface area (TPSA) is 17.1 Å². The van der Waals surface area contributed by atoms with Crippen LogP contribution in [0.3, 0.4) is 0 Å². The van der Waals surface area contributed by atoms with Crippen molar-refractivity contribution in [2.24, 2.45) is 0 Å². The Morgan fingerprint density at radius 2 is 1.91 bits per heavy atom. The molecule has 0 fully saturated rings. The van der Waals surface area contributed by atoms with Gasteiger partial charge in [0, 0.05) is 0 Å². The molecule has 0 bridgehead atoms. The van der Waals surface area contributed by atoms with Crippen LogP contribution in [0.15, 0.2) is 30.3 Å². The molecule has 0 saturated carbocycles. The number of alkyl halides is 1. The molecule has 0 spiro atoms. The number of Topliss-reactive ketones (excluding diaryl/α,β-unsaturated/α-hetero) is 1. The van der Waals surface area contributed by atoms with E-state index in [0.717, 1.165) is 5.56 Å². The molecule has 1 aromatic rings. The minimum atomic E-state index is -0.490. The molecular weight excluding hydrogens is 160 g/mol. The molecular formula is C9H9ClO. The second kappa shape index (κ2) is 3.54. The molecule has 1 atom stereocenters. The number of ketones is 1. The predicted molar refractivity (Wildman–Crippen MR) is 45.7 cm³/mol. The van der Waals surface area contributed by atoms with Crippen molar-refractivity contribution in [3.63, 3.8) is 0 Å². The second-order valence-electron chi connectivity index (χ2n) is 2.38. The van der Waals surface area contributed by atoms with Crippen LogP contribution in [0.25, 0.3) is 0 Å². The number of rotatable bonds is 2. The highest BCUT2D eigenvalue weighted by atomic mass is 35.5. The van der Waals surface area contributed by atoms with Crippen molar-refractivity contribution in [3.8, 4) is 0 Å². The minimum Gasteiger partial charge on any atom is -0.298 e. The average Bonchev–Trinajstić information content (AvgIpc) is 2.05. The monoisotopic (exact) mass is 168 g/mol. The van der Waals surface area contributed by atoms with Crippen molar-refractivity contribution in [1.82, 2.24) is 0 Å². The summed E-state index contributed by atoms with van der Waals surface area (Å²) in [6.45, 7) is 1.49. The highest BCUT2D eigenvalue weighted by molar-refractivity contribution is 6.30. The summed E-state index contributed by atoms with van der Waals surface area (Å²) in [4.78, 5) is 10.8. The lowest BCUT2D eigenvalue weighted by atomic mass is 10.1. The van der Waals surface area contributed by atoms with Crippen molar-refractivity contribution >= 4 is 17.4 Å². The number of halogens is 1. The van der Waals surface area contributed by atoms with Gasteiger partial charge in [-0.2, -0.15) is 0 Å². The van der Waals surface area contributed by atoms with E-state index in [-0.39, 0.29) is 5.78 Å². The molecule has 0 aliphatic heterocycles. The van der Waals surface area contributed by atoms with Gasteiger partial charge in [-0.25, -0.2) is 0 Å². The third kappa shape index (κ3) is 2.05. The summed E-state index contributed by atoms with van der Waals surface area (Å²) >= 11 is 5.79. The van der Waals surface area contributed by atoms with Gasteiger partial charge in [0.05, 0.1) is 0 Å². The summed E-state index contributed by atoms with van der Waals surface area (Å²) in [5, 5.41) is -0.490. The van der Waals surface area contributed by atoms with E-state index >= 15 is 0 Å². The van der Waals surface area contributed by atoms with Gasteiger partial charge in [0.2, 0.25) is 0 Å². The number of benzene rings is 1. The Morgan fingerprint density at radius 1 is 1.36 bits per heavy atom. The first-order chi connectivity index (χ1) is 5.22. The highest BCUT2D eigenvalue weighted by Gasteiger charge is 2.11. The van der Waals surface area contributed by atoms with Gasteiger partial charge in [-0.1, -0.05) is 30.3 Å². The summed E-state index contributed by atoms with van der Waals surface area (Å²) in [6, 6.07) is 9.33. The molecule has 58 valence electrons. The van der Waals surface area contributed by atoms with Crippen LogP contribution in [0.1, 0.15) is 17.9 Å². The Bertz CT molecular complexity index is 243. The fraction of sp³-hybridized carbons (Fsp3) is 0.222. The van der Waals surface area contributed by atoms with Crippen LogP contribution in [-0.4, -0.2) is 5.78 Å². The van der Waals surface area contributed by atoms with Crippen LogP contribution >= 0.6 is 11.6 Å². The van der Waals surface area contributed by atoms with Gasteiger partial charge in [-0.15, -0.1) is 11.6 Å². The molecule has 1 unspecified atom stereocenters. The zero-order chi connectivity index (χ0) is 8.27. The standard InChI is InChI=1S/C9H9ClO/c1-7(11)9(10)8-5-3-2-4-6-8/h2-6,9H,1H3. The van der Waals surface area contributed by atoms with Crippen molar-refractivity contribution in [2.75, 3.05) is 0 Å². The van der Waals surface area contributed by atoms with Crippen molar-refractivity contribution < 1.29 is 4.79 Å². The normalized spacial score (nSPS) is 12.5. The largest absolute Gasteiger partial charge is 0.298 e. The molecule has 2 heteroatoms. The third-order valence-corrected chi connectivity index (χ3v) is 2.01. The van der Waals surface area contributed by atoms with Crippen LogP contribution in [0, 0.1) is 0 Å². The molecule has 0 heterocycles. The van der Waals surface area contributed by atoms with Gasteiger partial charge in [0.25, 0.3) is 0 Å². The lowest BCUT2D eigenvalue weighted by Gasteiger charge is -2.03. The van der Waals surface area contributed by atoms with E-state index in [1.807, 2.05) is 30.3 Å². The Hall–Kier alpha value is -0.820. The molecule has 0 aliphatic carbocycles. The first kappa shape index (κ1) is 8.28. The number of carbonyl (C=O) groups excluding carboxylic acids is 1. The van der Waals surface area contributed by atoms with Crippen LogP contribution in [-0.2, 0) is 4.79 Å². The van der Waals surface area contributed by atoms with Gasteiger partial charge < -0.3 is 0 Å². The van der Waals surface area contributed by atoms with E-state index in [2.05, 4.69) is 0 Å². The summed E-state index contributed by atoms with van der Waals surface area (Å²) < 4.78 is 0. The lowest BCUT2D eigenvalue weighted by Crippen LogP contribution is -2.00. The third-order valence-electron chi connectivity index (χ3n) is 1.45. The zero-order valence-electron chi connectivity index (χ0n) is 6.25. The lowest BCUT2D eigenvalue weighted by molar-refractivity contribution is -0.116. The quantitative estimate of drug-likeness (QED) is 0.621. The fourth-order valence-corrected chi connectivity index (χ4v) is 1.00. The van der Waals surface area contributed by atoms with Gasteiger partial charge in [-0.05, 0) is 12.5 Å². The van der Waals surface area contributed by atoms with Crippen LogP contribution in [0.5, 0.6) is 0 Å². The molecule has 11 heavy (non-hydrogen) atoms. The smallest absolute Gasteiger partial charge is 0.152 e. The van der Waals surface area contributed by atoms with E-state index in [9.17, 15) is 4.79 Å². The Labute approximate surface area is 71.0 Å². The Kier molecular flexibility index (Phi) is 2.66. The van der Waals surface area contributed by atoms with E-state index in [1.165, 1.54) is 6.92 Å². The maximum Gasteiger partial charge on any atom is 0.152 e. The summed E-state index contributed by atoms with van der Waals surface area (Å²) in [5.74, 6) is -0.0159. The first-order valence-corrected chi connectivity index (χ1v) is 3.85. The van der Waals surface area contributed by atoms with E-state index in [4.69, 9.17) is 11.6 Å². The molecule has 1 aromatic carbocycles. The molecule has 1 nitrogen and oxygen atoms in total. The van der Waals surface area contributed by atoms with Gasteiger partial charge in [-0.3, -0.25) is 4.79 Å². The van der Waals surface area contributed by atoms with Crippen molar-refractivity contribution in [3.05, 3.63) is 35.9 Å². The molecule has 0 amide bonds. The van der Waals surface area contributed by atoms with Crippen LogP contribution < -0.4 is 0 Å². The van der Waals surface area contributed by atoms with Crippen molar-refractivity contribution in [2.45, 2.75) is 12.3 Å². The van der Waals surface area contributed by atoms with Crippen molar-refractivity contribution in [1.29, 1.82) is 0 Å². The summed E-state index contributed by atoms with van der Waals surface area (Å²) in [7, 11) is 0. The predicted octanol–water partition coefficient (Wildman–Crippen LogP) is 2.56. The van der Waals surface area contributed by atoms with Crippen LogP contribution in [0.2, 0.25) is 0 Å². The second-order valence-corrected chi connectivity index (χ2v) is 2.82. The average molecular weight is 169 g/mol. The molecule has 0 aliphatic rings. The molecule has 0 radical (unpaired) electrons. The number of carbonyl (C=O) groups is 1. The molecule has 1 rings (SSSR count). The molecule has 0 aromatic heterocycles. The maximum absolute atomic E-state index is 10.8. The van der Waals surface area contributed by atoms with E-state index in [1.54, 1.807) is 0 Å². The maximum atomic E-state index is 10.8. The van der Waals surface area contributed by atoms with Gasteiger partial charge >= 0.3 is 0 Å². The Morgan fingerprint density at radius 3 is 2.36 bits per heavy atom. The number of hydrogen-bond donors (Lipinski definition) is 0. The highest BCUT2D eigenvalue weighted by Crippen LogP contribution is 2.20. The minimum absolute atomic E-state index is 0.0159. The number of hydrogen-bond acceptors (Lipinski definition) is 1. The van der Waals surface area contributed by atoms with E-state index in [0.29, 0.717) is 0 Å². The zero-order valence-corrected chi connectivity index (χ0v) is 7.01. The Balaban J connectivity index is 2.85. The molecule has 0 saturated heterocycles. The summed E-state index contributed by atoms with van der Waals surface area (Å²) in [6.07, 6.45) is 0. The van der Waals surface area contributed by atoms with Gasteiger partial charge in [0.15, 0.2) is 5.78 Å². The first-order valence-electron chi connectivity index (χ1n) is 3.41. The van der Waals surface area contributed by atoms with Crippen LogP contribution in [0.4, 0.5) is 0 Å². The van der Waals surface area contributed by atoms with E-state index < -0.39 is 5.38 Å². The SMILES string of the molecule is CC(=O)C(Cl)c1ccccc1. The fourth-order valence-electron chi connectivity index (χ4n) is 0.857. The molecule has 0 N–H and O–H groups in total. The summed E-state index contributed by atoms with van der Waals surface area (Å²) in [5.41, 5.74) is 0.863. The van der Waals surface area contributed by atoms with Gasteiger partial charge in [0.1, 0.15) is 5.38 Å².